The van der Waals surface area contributed by atoms with Crippen molar-refractivity contribution in [1.29, 1.82) is 0 Å². The molecule has 1 atom stereocenters. The predicted octanol–water partition coefficient (Wildman–Crippen LogP) is 5.38. The Hall–Kier alpha value is -3.79. The molecule has 8 nitrogen and oxygen atoms in total. The first-order valence-electron chi connectivity index (χ1n) is 12.2. The first-order valence-corrected chi connectivity index (χ1v) is 13.8. The minimum Gasteiger partial charge on any atom is -0.497 e. The molecule has 0 saturated carbocycles. The van der Waals surface area contributed by atoms with E-state index in [2.05, 4.69) is 4.99 Å². The van der Waals surface area contributed by atoms with E-state index in [1.807, 2.05) is 0 Å². The van der Waals surface area contributed by atoms with E-state index in [9.17, 15) is 9.59 Å². The van der Waals surface area contributed by atoms with Crippen LogP contribution in [0.1, 0.15) is 31.2 Å². The summed E-state index contributed by atoms with van der Waals surface area (Å²) in [6.45, 7) is 3.62. The Balaban J connectivity index is 1.66. The molecular formula is C29H24Cl2N2O6S. The molecule has 0 unspecified atom stereocenters. The van der Waals surface area contributed by atoms with Crippen molar-refractivity contribution in [3.05, 3.63) is 101 Å². The van der Waals surface area contributed by atoms with Crippen LogP contribution in [0.3, 0.4) is 0 Å². The second kappa shape index (κ2) is 11.4. The van der Waals surface area contributed by atoms with Gasteiger partial charge in [0.15, 0.2) is 4.80 Å². The van der Waals surface area contributed by atoms with E-state index in [0.29, 0.717) is 53.7 Å². The molecule has 0 aliphatic carbocycles. The van der Waals surface area contributed by atoms with Gasteiger partial charge < -0.3 is 18.6 Å². The summed E-state index contributed by atoms with van der Waals surface area (Å²) >= 11 is 13.4. The zero-order valence-corrected chi connectivity index (χ0v) is 24.3. The van der Waals surface area contributed by atoms with Crippen LogP contribution in [0.5, 0.6) is 11.5 Å². The highest BCUT2D eigenvalue weighted by Crippen LogP contribution is 2.37. The zero-order chi connectivity index (χ0) is 28.6. The van der Waals surface area contributed by atoms with Crippen LogP contribution in [-0.2, 0) is 9.53 Å². The number of carbonyl (C=O) groups excluding carboxylic acids is 1. The first kappa shape index (κ1) is 27.8. The highest BCUT2D eigenvalue weighted by Gasteiger charge is 2.35. The third-order valence-electron chi connectivity index (χ3n) is 6.36. The molecule has 3 heterocycles. The molecule has 0 amide bonds. The Morgan fingerprint density at radius 3 is 2.60 bits per heavy atom. The lowest BCUT2D eigenvalue weighted by molar-refractivity contribution is -0.139. The SMILES string of the molecule is CCOC(=O)C1=C(C)N=c2s/c(=C\c3ccc(-c4ccc(Cl)c(Cl)c4)o3)c(=O)n2[C@@H]1c1ccc(OC)cc1OC. The predicted molar refractivity (Wildman–Crippen MR) is 154 cm³/mol. The molecule has 5 rings (SSSR count). The maximum absolute atomic E-state index is 13.9. The molecule has 0 fully saturated rings. The van der Waals surface area contributed by atoms with Gasteiger partial charge in [0.05, 0.1) is 46.7 Å². The Bertz CT molecular complexity index is 1840. The maximum Gasteiger partial charge on any atom is 0.338 e. The smallest absolute Gasteiger partial charge is 0.338 e. The van der Waals surface area contributed by atoms with Crippen molar-refractivity contribution < 1.29 is 23.4 Å². The molecule has 0 radical (unpaired) electrons. The van der Waals surface area contributed by atoms with E-state index in [4.69, 9.17) is 41.8 Å². The fraction of sp³-hybridized carbons (Fsp3) is 0.207. The number of benzene rings is 2. The number of allylic oxidation sites excluding steroid dienone is 1. The summed E-state index contributed by atoms with van der Waals surface area (Å²) in [4.78, 5) is 32.1. The van der Waals surface area contributed by atoms with Crippen LogP contribution in [0.25, 0.3) is 17.4 Å². The van der Waals surface area contributed by atoms with Crippen molar-refractivity contribution in [1.82, 2.24) is 4.57 Å². The van der Waals surface area contributed by atoms with Crippen molar-refractivity contribution in [2.75, 3.05) is 20.8 Å². The van der Waals surface area contributed by atoms with Crippen LogP contribution in [-0.4, -0.2) is 31.4 Å². The number of ether oxygens (including phenoxy) is 3. The summed E-state index contributed by atoms with van der Waals surface area (Å²) in [7, 11) is 3.07. The molecular weight excluding hydrogens is 575 g/mol. The number of halogens is 2. The summed E-state index contributed by atoms with van der Waals surface area (Å²) in [6.07, 6.45) is 1.65. The molecule has 11 heteroatoms. The summed E-state index contributed by atoms with van der Waals surface area (Å²) in [6, 6.07) is 13.1. The number of methoxy groups -OCH3 is 2. The molecule has 1 aliphatic heterocycles. The number of carbonyl (C=O) groups is 1. The molecule has 4 aromatic rings. The van der Waals surface area contributed by atoms with Gasteiger partial charge in [0.1, 0.15) is 29.1 Å². The topological polar surface area (TPSA) is 92.3 Å². The molecule has 0 spiro atoms. The van der Waals surface area contributed by atoms with Gasteiger partial charge in [0, 0.05) is 23.3 Å². The second-order valence-corrected chi connectivity index (χ2v) is 10.6. The second-order valence-electron chi connectivity index (χ2n) is 8.74. The number of thiazole rings is 1. The Morgan fingerprint density at radius 1 is 1.10 bits per heavy atom. The van der Waals surface area contributed by atoms with Crippen molar-refractivity contribution >= 4 is 46.6 Å². The molecule has 0 saturated heterocycles. The van der Waals surface area contributed by atoms with Gasteiger partial charge in [0.2, 0.25) is 0 Å². The van der Waals surface area contributed by atoms with E-state index in [0.717, 1.165) is 5.56 Å². The van der Waals surface area contributed by atoms with E-state index >= 15 is 0 Å². The van der Waals surface area contributed by atoms with Crippen LogP contribution in [0.15, 0.2) is 74.0 Å². The Morgan fingerprint density at radius 2 is 1.90 bits per heavy atom. The van der Waals surface area contributed by atoms with E-state index in [1.54, 1.807) is 75.6 Å². The van der Waals surface area contributed by atoms with Crippen LogP contribution in [0.2, 0.25) is 10.0 Å². The fourth-order valence-corrected chi connectivity index (χ4v) is 5.82. The third kappa shape index (κ3) is 5.08. The van der Waals surface area contributed by atoms with E-state index < -0.39 is 12.0 Å². The lowest BCUT2D eigenvalue weighted by atomic mass is 9.95. The zero-order valence-electron chi connectivity index (χ0n) is 22.0. The number of hydrogen-bond acceptors (Lipinski definition) is 8. The molecule has 1 aliphatic rings. The van der Waals surface area contributed by atoms with Crippen LogP contribution in [0.4, 0.5) is 0 Å². The number of hydrogen-bond donors (Lipinski definition) is 0. The summed E-state index contributed by atoms with van der Waals surface area (Å²) < 4.78 is 24.2. The van der Waals surface area contributed by atoms with Gasteiger partial charge in [-0.3, -0.25) is 9.36 Å². The first-order chi connectivity index (χ1) is 19.2. The number of esters is 1. The van der Waals surface area contributed by atoms with Gasteiger partial charge >= 0.3 is 5.97 Å². The Kier molecular flexibility index (Phi) is 7.89. The van der Waals surface area contributed by atoms with Gasteiger partial charge in [-0.1, -0.05) is 34.5 Å². The monoisotopic (exact) mass is 598 g/mol. The standard InChI is InChI=1S/C29H24Cl2N2O6S/c1-5-38-28(35)25-15(2)32-29-33(26(25)19-9-7-17(36-3)13-23(19)37-4)27(34)24(40-29)14-18-8-11-22(39-18)16-6-10-20(30)21(31)12-16/h6-14,26H,5H2,1-4H3/b24-14-/t26-/m1/s1. The molecule has 2 aromatic heterocycles. The summed E-state index contributed by atoms with van der Waals surface area (Å²) in [5.74, 6) is 1.50. The number of rotatable bonds is 7. The number of furan rings is 1. The van der Waals surface area contributed by atoms with E-state index in [-0.39, 0.29) is 17.7 Å². The van der Waals surface area contributed by atoms with Crippen molar-refractivity contribution in [3.63, 3.8) is 0 Å². The summed E-state index contributed by atoms with van der Waals surface area (Å²) in [5.41, 5.74) is 1.71. The van der Waals surface area contributed by atoms with Gasteiger partial charge in [-0.2, -0.15) is 0 Å². The average Bonchev–Trinajstić information content (AvgIpc) is 3.53. The van der Waals surface area contributed by atoms with Crippen molar-refractivity contribution in [3.8, 4) is 22.8 Å². The van der Waals surface area contributed by atoms with Crippen molar-refractivity contribution in [2.45, 2.75) is 19.9 Å². The average molecular weight is 599 g/mol. The Labute approximate surface area is 243 Å². The van der Waals surface area contributed by atoms with Crippen molar-refractivity contribution in [2.24, 2.45) is 4.99 Å². The highest BCUT2D eigenvalue weighted by molar-refractivity contribution is 7.07. The number of aromatic nitrogens is 1. The summed E-state index contributed by atoms with van der Waals surface area (Å²) in [5, 5.41) is 0.853. The van der Waals surface area contributed by atoms with Gasteiger partial charge in [0.25, 0.3) is 5.56 Å². The van der Waals surface area contributed by atoms with E-state index in [1.165, 1.54) is 23.0 Å². The lowest BCUT2D eigenvalue weighted by Gasteiger charge is -2.26. The minimum atomic E-state index is -0.832. The quantitative estimate of drug-likeness (QED) is 0.265. The highest BCUT2D eigenvalue weighted by atomic mass is 35.5. The largest absolute Gasteiger partial charge is 0.497 e. The number of fused-ring (bicyclic) bond motifs is 1. The van der Waals surface area contributed by atoms with Crippen LogP contribution in [0, 0.1) is 0 Å². The third-order valence-corrected chi connectivity index (χ3v) is 8.08. The fourth-order valence-electron chi connectivity index (χ4n) is 4.49. The number of nitrogens with zero attached hydrogens (tertiary/aromatic N) is 2. The van der Waals surface area contributed by atoms with Gasteiger partial charge in [-0.25, -0.2) is 9.79 Å². The van der Waals surface area contributed by atoms with Gasteiger partial charge in [-0.05, 0) is 56.3 Å². The molecule has 206 valence electrons. The molecule has 0 bridgehead atoms. The molecule has 2 aromatic carbocycles. The van der Waals surface area contributed by atoms with Crippen LogP contribution >= 0.6 is 34.5 Å². The molecule has 40 heavy (non-hydrogen) atoms. The van der Waals surface area contributed by atoms with Crippen LogP contribution < -0.4 is 24.4 Å². The molecule has 0 N–H and O–H groups in total. The normalized spacial score (nSPS) is 15.1. The van der Waals surface area contributed by atoms with Gasteiger partial charge in [-0.15, -0.1) is 0 Å². The minimum absolute atomic E-state index is 0.173. The maximum atomic E-state index is 13.9. The lowest BCUT2D eigenvalue weighted by Crippen LogP contribution is -2.40.